The number of carbonyl (C=O) groups is 2. The molecule has 4 aromatic rings. The Morgan fingerprint density at radius 1 is 0.944 bits per heavy atom. The molecule has 8 heteroatoms. The van der Waals surface area contributed by atoms with Gasteiger partial charge >= 0.3 is 6.03 Å². The largest absolute Gasteiger partial charge is 0.334 e. The van der Waals surface area contributed by atoms with Crippen molar-refractivity contribution in [1.82, 2.24) is 20.0 Å². The molecule has 184 valence electrons. The summed E-state index contributed by atoms with van der Waals surface area (Å²) in [6.07, 6.45) is 0. The fourth-order valence-corrected chi connectivity index (χ4v) is 3.94. The minimum Gasteiger partial charge on any atom is -0.334 e. The van der Waals surface area contributed by atoms with Gasteiger partial charge in [0, 0.05) is 24.2 Å². The number of halogens is 1. The lowest BCUT2D eigenvalue weighted by molar-refractivity contribution is -0.117. The van der Waals surface area contributed by atoms with E-state index in [0.717, 1.165) is 11.1 Å². The molecule has 36 heavy (non-hydrogen) atoms. The van der Waals surface area contributed by atoms with E-state index in [1.54, 1.807) is 16.8 Å². The maximum atomic E-state index is 13.1. The summed E-state index contributed by atoms with van der Waals surface area (Å²) in [7, 11) is 0. The zero-order chi connectivity index (χ0) is 25.5. The summed E-state index contributed by atoms with van der Waals surface area (Å²) in [6.45, 7) is 4.00. The number of carbonyl (C=O) groups excluding carboxylic acids is 2. The van der Waals surface area contributed by atoms with Crippen LogP contribution in [-0.2, 0) is 11.3 Å². The van der Waals surface area contributed by atoms with Gasteiger partial charge in [-0.2, -0.15) is 5.10 Å². The standard InChI is InChI=1S/C28H28ClN5O2/c1-20(2)33(28(36)30-18-21-11-5-3-6-12-21)19-27(35)31-26-17-24(22-13-7-4-8-14-22)32-34(26)25-16-10-9-15-23(25)29/h3-17,20H,18-19H2,1-2H3,(H,30,36)(H,31,35). The summed E-state index contributed by atoms with van der Waals surface area (Å²) in [6, 6.07) is 27.9. The topological polar surface area (TPSA) is 79.3 Å². The second-order valence-corrected chi connectivity index (χ2v) is 8.97. The van der Waals surface area contributed by atoms with Crippen LogP contribution in [0.2, 0.25) is 5.02 Å². The minimum atomic E-state index is -0.341. The zero-order valence-corrected chi connectivity index (χ0v) is 20.9. The Morgan fingerprint density at radius 2 is 1.58 bits per heavy atom. The molecule has 0 aliphatic carbocycles. The summed E-state index contributed by atoms with van der Waals surface area (Å²) in [4.78, 5) is 27.5. The van der Waals surface area contributed by atoms with E-state index < -0.39 is 0 Å². The lowest BCUT2D eigenvalue weighted by Gasteiger charge is -2.26. The summed E-state index contributed by atoms with van der Waals surface area (Å²) in [5.41, 5.74) is 3.21. The average Bonchev–Trinajstić information content (AvgIpc) is 3.30. The summed E-state index contributed by atoms with van der Waals surface area (Å²) in [5, 5.41) is 11.0. The van der Waals surface area contributed by atoms with E-state index in [9.17, 15) is 9.59 Å². The van der Waals surface area contributed by atoms with Crippen molar-refractivity contribution in [3.05, 3.63) is 102 Å². The molecule has 0 radical (unpaired) electrons. The number of nitrogens with one attached hydrogen (secondary N) is 2. The summed E-state index contributed by atoms with van der Waals surface area (Å²) >= 11 is 6.44. The van der Waals surface area contributed by atoms with Gasteiger partial charge in [0.05, 0.1) is 16.4 Å². The van der Waals surface area contributed by atoms with Crippen molar-refractivity contribution in [3.8, 4) is 16.9 Å². The van der Waals surface area contributed by atoms with Gasteiger partial charge in [0.2, 0.25) is 5.91 Å². The van der Waals surface area contributed by atoms with Crippen LogP contribution in [0.25, 0.3) is 16.9 Å². The third-order valence-electron chi connectivity index (χ3n) is 5.61. The first kappa shape index (κ1) is 25.0. The molecule has 0 saturated heterocycles. The maximum Gasteiger partial charge on any atom is 0.318 e. The molecule has 1 aromatic heterocycles. The van der Waals surface area contributed by atoms with Gasteiger partial charge in [-0.3, -0.25) is 4.79 Å². The molecule has 0 unspecified atom stereocenters. The first-order chi connectivity index (χ1) is 17.4. The monoisotopic (exact) mass is 501 g/mol. The lowest BCUT2D eigenvalue weighted by atomic mass is 10.1. The van der Waals surface area contributed by atoms with Crippen molar-refractivity contribution >= 4 is 29.4 Å². The minimum absolute atomic E-state index is 0.118. The van der Waals surface area contributed by atoms with Crippen LogP contribution in [0.15, 0.2) is 91.0 Å². The number of anilines is 1. The molecular weight excluding hydrogens is 474 g/mol. The highest BCUT2D eigenvalue weighted by Crippen LogP contribution is 2.28. The number of nitrogens with zero attached hydrogens (tertiary/aromatic N) is 3. The van der Waals surface area contributed by atoms with Crippen molar-refractivity contribution in [2.24, 2.45) is 0 Å². The van der Waals surface area contributed by atoms with Gasteiger partial charge < -0.3 is 15.5 Å². The third kappa shape index (κ3) is 6.12. The maximum absolute atomic E-state index is 13.1. The number of para-hydroxylation sites is 1. The Hall–Kier alpha value is -4.10. The second kappa shape index (κ2) is 11.6. The molecule has 3 aromatic carbocycles. The SMILES string of the molecule is CC(C)N(CC(=O)Nc1cc(-c2ccccc2)nn1-c1ccccc1Cl)C(=O)NCc1ccccc1. The molecule has 0 fully saturated rings. The average molecular weight is 502 g/mol. The number of hydrogen-bond acceptors (Lipinski definition) is 3. The fraction of sp³-hybridized carbons (Fsp3) is 0.179. The molecule has 0 aliphatic rings. The lowest BCUT2D eigenvalue weighted by Crippen LogP contribution is -2.47. The number of amides is 3. The Labute approximate surface area is 215 Å². The molecule has 7 nitrogen and oxygen atoms in total. The molecule has 0 bridgehead atoms. The van der Waals surface area contributed by atoms with Crippen molar-refractivity contribution in [1.29, 1.82) is 0 Å². The van der Waals surface area contributed by atoms with Crippen molar-refractivity contribution in [2.45, 2.75) is 26.4 Å². The Kier molecular flexibility index (Phi) is 8.02. The van der Waals surface area contributed by atoms with E-state index in [2.05, 4.69) is 10.6 Å². The van der Waals surface area contributed by atoms with E-state index in [1.807, 2.05) is 92.7 Å². The smallest absolute Gasteiger partial charge is 0.318 e. The van der Waals surface area contributed by atoms with Crippen LogP contribution in [0.5, 0.6) is 0 Å². The van der Waals surface area contributed by atoms with Crippen LogP contribution in [0.4, 0.5) is 10.6 Å². The van der Waals surface area contributed by atoms with Gasteiger partial charge in [-0.25, -0.2) is 9.48 Å². The van der Waals surface area contributed by atoms with Gasteiger partial charge in [0.25, 0.3) is 0 Å². The number of hydrogen-bond donors (Lipinski definition) is 2. The molecule has 0 atom stereocenters. The van der Waals surface area contributed by atoms with E-state index in [4.69, 9.17) is 16.7 Å². The quantitative estimate of drug-likeness (QED) is 0.322. The van der Waals surface area contributed by atoms with Crippen LogP contribution in [0, 0.1) is 0 Å². The molecule has 0 aliphatic heterocycles. The molecule has 2 N–H and O–H groups in total. The van der Waals surface area contributed by atoms with Gasteiger partial charge in [-0.15, -0.1) is 0 Å². The molecule has 4 rings (SSSR count). The van der Waals surface area contributed by atoms with E-state index in [-0.39, 0.29) is 24.5 Å². The number of benzene rings is 3. The highest BCUT2D eigenvalue weighted by Gasteiger charge is 2.22. The zero-order valence-electron chi connectivity index (χ0n) is 20.2. The van der Waals surface area contributed by atoms with Crippen LogP contribution >= 0.6 is 11.6 Å². The van der Waals surface area contributed by atoms with E-state index in [1.165, 1.54) is 4.90 Å². The van der Waals surface area contributed by atoms with Crippen molar-refractivity contribution in [2.75, 3.05) is 11.9 Å². The Balaban J connectivity index is 1.53. The first-order valence-corrected chi connectivity index (χ1v) is 12.1. The Bertz CT molecular complexity index is 1320. The summed E-state index contributed by atoms with van der Waals surface area (Å²) < 4.78 is 1.61. The molecule has 1 heterocycles. The molecule has 3 amide bonds. The number of rotatable bonds is 8. The van der Waals surface area contributed by atoms with E-state index >= 15 is 0 Å². The van der Waals surface area contributed by atoms with Gasteiger partial charge in [0.1, 0.15) is 12.4 Å². The highest BCUT2D eigenvalue weighted by molar-refractivity contribution is 6.32. The van der Waals surface area contributed by atoms with Crippen LogP contribution in [-0.4, -0.2) is 39.2 Å². The van der Waals surface area contributed by atoms with Gasteiger partial charge in [-0.1, -0.05) is 84.4 Å². The summed E-state index contributed by atoms with van der Waals surface area (Å²) in [5.74, 6) is 0.117. The Morgan fingerprint density at radius 3 is 2.25 bits per heavy atom. The van der Waals surface area contributed by atoms with Crippen LogP contribution in [0.3, 0.4) is 0 Å². The number of aromatic nitrogens is 2. The van der Waals surface area contributed by atoms with E-state index in [0.29, 0.717) is 28.8 Å². The predicted molar refractivity (Wildman–Crippen MR) is 143 cm³/mol. The third-order valence-corrected chi connectivity index (χ3v) is 5.93. The molecular formula is C28H28ClN5O2. The van der Waals surface area contributed by atoms with Crippen molar-refractivity contribution < 1.29 is 9.59 Å². The normalized spacial score (nSPS) is 10.8. The fourth-order valence-electron chi connectivity index (χ4n) is 3.73. The highest BCUT2D eigenvalue weighted by atomic mass is 35.5. The second-order valence-electron chi connectivity index (χ2n) is 8.56. The predicted octanol–water partition coefficient (Wildman–Crippen LogP) is 5.75. The number of urea groups is 1. The van der Waals surface area contributed by atoms with Crippen LogP contribution in [0.1, 0.15) is 19.4 Å². The van der Waals surface area contributed by atoms with Gasteiger partial charge in [0.15, 0.2) is 0 Å². The van der Waals surface area contributed by atoms with Crippen LogP contribution < -0.4 is 10.6 Å². The van der Waals surface area contributed by atoms with Gasteiger partial charge in [-0.05, 0) is 31.5 Å². The van der Waals surface area contributed by atoms with Crippen molar-refractivity contribution in [3.63, 3.8) is 0 Å². The molecule has 0 saturated carbocycles. The molecule has 0 spiro atoms. The first-order valence-electron chi connectivity index (χ1n) is 11.7.